The Hall–Kier alpha value is -0.120. The van der Waals surface area contributed by atoms with E-state index in [0.29, 0.717) is 18.0 Å². The van der Waals surface area contributed by atoms with E-state index in [0.717, 1.165) is 25.6 Å². The summed E-state index contributed by atoms with van der Waals surface area (Å²) in [5, 5.41) is 7.12. The Kier molecular flexibility index (Phi) is 12.9. The van der Waals surface area contributed by atoms with Crippen molar-refractivity contribution in [3.8, 4) is 0 Å². The van der Waals surface area contributed by atoms with Crippen molar-refractivity contribution in [2.24, 2.45) is 10.9 Å². The molecule has 2 N–H and O–H groups in total. The quantitative estimate of drug-likeness (QED) is 0.300. The van der Waals surface area contributed by atoms with E-state index in [1.807, 2.05) is 0 Å². The summed E-state index contributed by atoms with van der Waals surface area (Å²) < 4.78 is 0. The maximum atomic E-state index is 4.90. The Morgan fingerprint density at radius 3 is 2.11 bits per heavy atom. The average Bonchev–Trinajstić information content (AvgIpc) is 2.67. The molecular weight excluding hydrogens is 463 g/mol. The average molecular weight is 509 g/mol. The number of likely N-dealkylation sites (N-methyl/N-ethyl adjacent to an activating group) is 1. The van der Waals surface area contributed by atoms with Gasteiger partial charge in [0, 0.05) is 71.0 Å². The minimum absolute atomic E-state index is 0. The number of aliphatic imine (C=N–C) groups is 1. The Morgan fingerprint density at radius 1 is 0.964 bits per heavy atom. The molecule has 2 rings (SSSR count). The highest BCUT2D eigenvalue weighted by molar-refractivity contribution is 14.0. The van der Waals surface area contributed by atoms with Gasteiger partial charge in [-0.25, -0.2) is 0 Å². The van der Waals surface area contributed by atoms with Gasteiger partial charge in [-0.2, -0.15) is 0 Å². The van der Waals surface area contributed by atoms with E-state index in [-0.39, 0.29) is 24.0 Å². The lowest BCUT2D eigenvalue weighted by atomic mass is 10.0. The van der Waals surface area contributed by atoms with Gasteiger partial charge in [0.1, 0.15) is 0 Å². The molecule has 0 amide bonds. The van der Waals surface area contributed by atoms with E-state index in [1.165, 1.54) is 58.7 Å². The van der Waals surface area contributed by atoms with Gasteiger partial charge in [0.15, 0.2) is 5.96 Å². The SMILES string of the molecule is CCNC(=NCC(C)CN1CCN(CC)CC1)NC1CCN(C(C)C)CC1.I. The van der Waals surface area contributed by atoms with E-state index in [2.05, 4.69) is 60.0 Å². The maximum absolute atomic E-state index is 4.90. The lowest BCUT2D eigenvalue weighted by Gasteiger charge is -2.35. The first-order chi connectivity index (χ1) is 13.0. The van der Waals surface area contributed by atoms with Crippen molar-refractivity contribution < 1.29 is 0 Å². The Bertz CT molecular complexity index is 429. The number of guanidine groups is 1. The standard InChI is InChI=1S/C21H44N6.HI/c1-6-22-21(24-20-8-10-27(11-9-20)18(3)4)23-16-19(5)17-26-14-12-25(7-2)13-15-26;/h18-20H,6-17H2,1-5H3,(H2,22,23,24);1H. The third-order valence-corrected chi connectivity index (χ3v) is 5.99. The topological polar surface area (TPSA) is 46.1 Å². The molecule has 7 heteroatoms. The van der Waals surface area contributed by atoms with Crippen LogP contribution in [0.1, 0.15) is 47.5 Å². The smallest absolute Gasteiger partial charge is 0.191 e. The van der Waals surface area contributed by atoms with Crippen molar-refractivity contribution in [1.29, 1.82) is 0 Å². The minimum Gasteiger partial charge on any atom is -0.357 e. The summed E-state index contributed by atoms with van der Waals surface area (Å²) in [5.74, 6) is 1.60. The van der Waals surface area contributed by atoms with Crippen LogP contribution in [-0.4, -0.2) is 98.2 Å². The molecule has 0 aliphatic carbocycles. The van der Waals surface area contributed by atoms with Crippen LogP contribution in [0, 0.1) is 5.92 Å². The lowest BCUT2D eigenvalue weighted by molar-refractivity contribution is 0.125. The van der Waals surface area contributed by atoms with Gasteiger partial charge < -0.3 is 25.3 Å². The number of hydrogen-bond acceptors (Lipinski definition) is 4. The Morgan fingerprint density at radius 2 is 1.57 bits per heavy atom. The fourth-order valence-electron chi connectivity index (χ4n) is 4.11. The minimum atomic E-state index is 0. The molecule has 2 saturated heterocycles. The summed E-state index contributed by atoms with van der Waals surface area (Å²) in [7, 11) is 0. The molecule has 1 unspecified atom stereocenters. The first-order valence-corrected chi connectivity index (χ1v) is 11.2. The molecule has 2 aliphatic rings. The second-order valence-corrected chi connectivity index (χ2v) is 8.61. The summed E-state index contributed by atoms with van der Waals surface area (Å²) in [5.41, 5.74) is 0. The molecule has 166 valence electrons. The van der Waals surface area contributed by atoms with Crippen molar-refractivity contribution in [1.82, 2.24) is 25.3 Å². The summed E-state index contributed by atoms with van der Waals surface area (Å²) in [6.45, 7) is 22.7. The van der Waals surface area contributed by atoms with Gasteiger partial charge in [0.25, 0.3) is 0 Å². The summed E-state index contributed by atoms with van der Waals surface area (Å²) in [6.07, 6.45) is 2.42. The Labute approximate surface area is 190 Å². The summed E-state index contributed by atoms with van der Waals surface area (Å²) in [6, 6.07) is 1.21. The fourth-order valence-corrected chi connectivity index (χ4v) is 4.11. The summed E-state index contributed by atoms with van der Waals surface area (Å²) in [4.78, 5) is 12.6. The van der Waals surface area contributed by atoms with Crippen LogP contribution in [0.25, 0.3) is 0 Å². The first-order valence-electron chi connectivity index (χ1n) is 11.2. The second kappa shape index (κ2) is 14.0. The van der Waals surface area contributed by atoms with Crippen molar-refractivity contribution in [2.45, 2.75) is 59.5 Å². The molecular formula is C21H45IN6. The van der Waals surface area contributed by atoms with E-state index >= 15 is 0 Å². The molecule has 0 radical (unpaired) electrons. The number of piperidine rings is 1. The van der Waals surface area contributed by atoms with E-state index in [9.17, 15) is 0 Å². The van der Waals surface area contributed by atoms with Gasteiger partial charge in [-0.15, -0.1) is 24.0 Å². The molecule has 1 atom stereocenters. The first kappa shape index (κ1) is 25.9. The van der Waals surface area contributed by atoms with Crippen LogP contribution in [-0.2, 0) is 0 Å². The molecule has 28 heavy (non-hydrogen) atoms. The van der Waals surface area contributed by atoms with Crippen LogP contribution in [0.2, 0.25) is 0 Å². The molecule has 0 saturated carbocycles. The summed E-state index contributed by atoms with van der Waals surface area (Å²) >= 11 is 0. The highest BCUT2D eigenvalue weighted by Crippen LogP contribution is 2.13. The number of halogens is 1. The molecule has 0 aromatic rings. The predicted molar refractivity (Wildman–Crippen MR) is 132 cm³/mol. The fraction of sp³-hybridized carbons (Fsp3) is 0.952. The zero-order valence-electron chi connectivity index (χ0n) is 18.9. The lowest BCUT2D eigenvalue weighted by Crippen LogP contribution is -2.50. The van der Waals surface area contributed by atoms with E-state index < -0.39 is 0 Å². The van der Waals surface area contributed by atoms with E-state index in [1.54, 1.807) is 0 Å². The molecule has 0 aromatic heterocycles. The van der Waals surface area contributed by atoms with Crippen LogP contribution in [0.4, 0.5) is 0 Å². The highest BCUT2D eigenvalue weighted by Gasteiger charge is 2.22. The van der Waals surface area contributed by atoms with Gasteiger partial charge in [0.2, 0.25) is 0 Å². The van der Waals surface area contributed by atoms with Crippen molar-refractivity contribution >= 4 is 29.9 Å². The van der Waals surface area contributed by atoms with Gasteiger partial charge >= 0.3 is 0 Å². The van der Waals surface area contributed by atoms with Crippen LogP contribution < -0.4 is 10.6 Å². The van der Waals surface area contributed by atoms with Crippen molar-refractivity contribution in [3.05, 3.63) is 0 Å². The molecule has 6 nitrogen and oxygen atoms in total. The number of nitrogens with zero attached hydrogens (tertiary/aromatic N) is 4. The van der Waals surface area contributed by atoms with Gasteiger partial charge in [-0.1, -0.05) is 13.8 Å². The zero-order valence-corrected chi connectivity index (χ0v) is 21.2. The Balaban J connectivity index is 0.00000392. The van der Waals surface area contributed by atoms with Gasteiger partial charge in [0.05, 0.1) is 0 Å². The van der Waals surface area contributed by atoms with Gasteiger partial charge in [-0.3, -0.25) is 4.99 Å². The normalized spacial score (nSPS) is 22.1. The number of likely N-dealkylation sites (tertiary alicyclic amines) is 1. The highest BCUT2D eigenvalue weighted by atomic mass is 127. The zero-order chi connectivity index (χ0) is 19.6. The third-order valence-electron chi connectivity index (χ3n) is 5.99. The number of rotatable bonds is 8. The largest absolute Gasteiger partial charge is 0.357 e. The van der Waals surface area contributed by atoms with Crippen molar-refractivity contribution in [2.75, 3.05) is 65.4 Å². The number of hydrogen-bond donors (Lipinski definition) is 2. The van der Waals surface area contributed by atoms with Crippen LogP contribution in [0.3, 0.4) is 0 Å². The molecule has 0 bridgehead atoms. The number of nitrogens with one attached hydrogen (secondary N) is 2. The van der Waals surface area contributed by atoms with Crippen LogP contribution in [0.15, 0.2) is 4.99 Å². The third kappa shape index (κ3) is 9.13. The second-order valence-electron chi connectivity index (χ2n) is 8.61. The molecule has 0 aromatic carbocycles. The van der Waals surface area contributed by atoms with Crippen molar-refractivity contribution in [3.63, 3.8) is 0 Å². The van der Waals surface area contributed by atoms with Crippen LogP contribution >= 0.6 is 24.0 Å². The van der Waals surface area contributed by atoms with E-state index in [4.69, 9.17) is 4.99 Å². The van der Waals surface area contributed by atoms with Gasteiger partial charge in [-0.05, 0) is 46.1 Å². The molecule has 2 fully saturated rings. The monoisotopic (exact) mass is 508 g/mol. The molecule has 2 aliphatic heterocycles. The number of piperazine rings is 1. The molecule has 0 spiro atoms. The maximum Gasteiger partial charge on any atom is 0.191 e. The predicted octanol–water partition coefficient (Wildman–Crippen LogP) is 2.31. The van der Waals surface area contributed by atoms with Crippen LogP contribution in [0.5, 0.6) is 0 Å². The molecule has 2 heterocycles.